The summed E-state index contributed by atoms with van der Waals surface area (Å²) in [4.78, 5) is 14.0. The molecule has 0 aliphatic carbocycles. The number of hydrogen-bond donors (Lipinski definition) is 2. The third kappa shape index (κ3) is 8.04. The molecular formula is C17H28Cl3N3O. The third-order valence-corrected chi connectivity index (χ3v) is 4.62. The van der Waals surface area contributed by atoms with Gasteiger partial charge in [-0.25, -0.2) is 0 Å². The molecule has 24 heavy (non-hydrogen) atoms. The molecular weight excluding hydrogens is 369 g/mol. The summed E-state index contributed by atoms with van der Waals surface area (Å²) in [6.45, 7) is 4.41. The van der Waals surface area contributed by atoms with Crippen molar-refractivity contribution in [3.63, 3.8) is 0 Å². The summed E-state index contributed by atoms with van der Waals surface area (Å²) in [6.07, 6.45) is 3.56. The van der Waals surface area contributed by atoms with Crippen LogP contribution in [0.1, 0.15) is 31.2 Å². The van der Waals surface area contributed by atoms with Crippen molar-refractivity contribution >= 4 is 42.3 Å². The highest BCUT2D eigenvalue weighted by Crippen LogP contribution is 2.21. The molecule has 1 aromatic rings. The van der Waals surface area contributed by atoms with Crippen LogP contribution in [0.25, 0.3) is 0 Å². The summed E-state index contributed by atoms with van der Waals surface area (Å²) in [5, 5.41) is 3.87. The van der Waals surface area contributed by atoms with Crippen molar-refractivity contribution in [1.29, 1.82) is 0 Å². The smallest absolute Gasteiger partial charge is 0.220 e. The fourth-order valence-electron chi connectivity index (χ4n) is 2.83. The number of halogens is 3. The van der Waals surface area contributed by atoms with E-state index in [1.165, 1.54) is 5.56 Å². The van der Waals surface area contributed by atoms with Gasteiger partial charge in [-0.1, -0.05) is 29.8 Å². The zero-order chi connectivity index (χ0) is 15.8. The molecule has 4 nitrogen and oxygen atoms in total. The largest absolute Gasteiger partial charge is 0.356 e. The minimum Gasteiger partial charge on any atom is -0.356 e. The molecule has 7 heteroatoms. The van der Waals surface area contributed by atoms with Gasteiger partial charge in [-0.05, 0) is 56.4 Å². The van der Waals surface area contributed by atoms with Gasteiger partial charge in [0, 0.05) is 24.5 Å². The van der Waals surface area contributed by atoms with Crippen LogP contribution in [0.15, 0.2) is 24.3 Å². The number of carbonyl (C=O) groups is 1. The highest BCUT2D eigenvalue weighted by atomic mass is 35.5. The molecule has 1 aliphatic heterocycles. The van der Waals surface area contributed by atoms with E-state index < -0.39 is 0 Å². The molecule has 3 N–H and O–H groups in total. The van der Waals surface area contributed by atoms with Gasteiger partial charge in [-0.3, -0.25) is 9.69 Å². The minimum atomic E-state index is 0. The summed E-state index contributed by atoms with van der Waals surface area (Å²) in [6, 6.07) is 8.03. The Morgan fingerprint density at radius 2 is 1.92 bits per heavy atom. The second-order valence-electron chi connectivity index (χ2n) is 6.01. The maximum atomic E-state index is 11.6. The average molecular weight is 397 g/mol. The van der Waals surface area contributed by atoms with Crippen LogP contribution in [0.3, 0.4) is 0 Å². The zero-order valence-electron chi connectivity index (χ0n) is 13.9. The van der Waals surface area contributed by atoms with Crippen molar-refractivity contribution in [3.05, 3.63) is 34.9 Å². The van der Waals surface area contributed by atoms with E-state index in [9.17, 15) is 4.79 Å². The Kier molecular flexibility index (Phi) is 12.5. The van der Waals surface area contributed by atoms with E-state index in [0.717, 1.165) is 50.5 Å². The summed E-state index contributed by atoms with van der Waals surface area (Å²) in [7, 11) is 0. The maximum Gasteiger partial charge on any atom is 0.220 e. The molecule has 1 aliphatic rings. The molecule has 1 fully saturated rings. The van der Waals surface area contributed by atoms with Crippen LogP contribution in [0.4, 0.5) is 0 Å². The second kappa shape index (κ2) is 12.8. The predicted molar refractivity (Wildman–Crippen MR) is 105 cm³/mol. The Hall–Kier alpha value is -0.520. The topological polar surface area (TPSA) is 58.4 Å². The van der Waals surface area contributed by atoms with Crippen LogP contribution in [0.2, 0.25) is 5.02 Å². The number of nitrogens with one attached hydrogen (secondary N) is 1. The fourth-order valence-corrected chi connectivity index (χ4v) is 3.02. The molecule has 0 bridgehead atoms. The van der Waals surface area contributed by atoms with Crippen LogP contribution >= 0.6 is 36.4 Å². The van der Waals surface area contributed by atoms with Crippen LogP contribution in [0, 0.1) is 5.92 Å². The molecule has 0 unspecified atom stereocenters. The highest BCUT2D eigenvalue weighted by Gasteiger charge is 2.20. The van der Waals surface area contributed by atoms with E-state index in [4.69, 9.17) is 17.3 Å². The highest BCUT2D eigenvalue weighted by molar-refractivity contribution is 6.31. The number of carbonyl (C=O) groups excluding carboxylic acids is 1. The lowest BCUT2D eigenvalue weighted by Gasteiger charge is -2.32. The van der Waals surface area contributed by atoms with Crippen molar-refractivity contribution < 1.29 is 4.79 Å². The molecule has 1 heterocycles. The molecule has 0 saturated carbocycles. The first-order chi connectivity index (χ1) is 10.7. The van der Waals surface area contributed by atoms with E-state index >= 15 is 0 Å². The van der Waals surface area contributed by atoms with Gasteiger partial charge in [-0.15, -0.1) is 24.8 Å². The first-order valence-corrected chi connectivity index (χ1v) is 8.49. The van der Waals surface area contributed by atoms with E-state index in [1.54, 1.807) is 0 Å². The van der Waals surface area contributed by atoms with Gasteiger partial charge in [-0.2, -0.15) is 0 Å². The Morgan fingerprint density at radius 1 is 1.25 bits per heavy atom. The van der Waals surface area contributed by atoms with Crippen LogP contribution in [-0.2, 0) is 11.3 Å². The Bertz CT molecular complexity index is 480. The van der Waals surface area contributed by atoms with Crippen molar-refractivity contribution in [2.45, 2.75) is 32.2 Å². The number of nitrogens with zero attached hydrogens (tertiary/aromatic N) is 1. The van der Waals surface area contributed by atoms with E-state index in [1.807, 2.05) is 18.2 Å². The lowest BCUT2D eigenvalue weighted by Crippen LogP contribution is -2.38. The SMILES string of the molecule is Cl.Cl.NCCCC(=O)NCC1CCN(Cc2ccccc2Cl)CC1. The van der Waals surface area contributed by atoms with Gasteiger partial charge in [0.15, 0.2) is 0 Å². The molecule has 1 saturated heterocycles. The van der Waals surface area contributed by atoms with Crippen molar-refractivity contribution in [2.24, 2.45) is 11.7 Å². The molecule has 0 atom stereocenters. The maximum absolute atomic E-state index is 11.6. The zero-order valence-corrected chi connectivity index (χ0v) is 16.3. The Labute approximate surface area is 162 Å². The van der Waals surface area contributed by atoms with Gasteiger partial charge >= 0.3 is 0 Å². The van der Waals surface area contributed by atoms with Gasteiger partial charge in [0.2, 0.25) is 5.91 Å². The molecule has 0 aromatic heterocycles. The lowest BCUT2D eigenvalue weighted by molar-refractivity contribution is -0.121. The van der Waals surface area contributed by atoms with Crippen LogP contribution in [0.5, 0.6) is 0 Å². The van der Waals surface area contributed by atoms with Crippen LogP contribution < -0.4 is 11.1 Å². The Balaban J connectivity index is 0.00000264. The number of benzene rings is 1. The fraction of sp³-hybridized carbons (Fsp3) is 0.588. The summed E-state index contributed by atoms with van der Waals surface area (Å²) in [5.41, 5.74) is 6.60. The van der Waals surface area contributed by atoms with Gasteiger partial charge in [0.1, 0.15) is 0 Å². The molecule has 1 aromatic carbocycles. The molecule has 2 rings (SSSR count). The van der Waals surface area contributed by atoms with Crippen LogP contribution in [-0.4, -0.2) is 37.0 Å². The van der Waals surface area contributed by atoms with Gasteiger partial charge in [0.25, 0.3) is 0 Å². The number of nitrogens with two attached hydrogens (primary N) is 1. The normalized spacial score (nSPS) is 15.2. The van der Waals surface area contributed by atoms with Gasteiger partial charge < -0.3 is 11.1 Å². The Morgan fingerprint density at radius 3 is 2.54 bits per heavy atom. The number of likely N-dealkylation sites (tertiary alicyclic amines) is 1. The summed E-state index contributed by atoms with van der Waals surface area (Å²) in [5.74, 6) is 0.716. The van der Waals surface area contributed by atoms with Gasteiger partial charge in [0.05, 0.1) is 0 Å². The molecule has 0 spiro atoms. The first kappa shape index (κ1) is 23.5. The standard InChI is InChI=1S/C17H26ClN3O.2ClH/c18-16-5-2-1-4-15(16)13-21-10-7-14(8-11-21)12-20-17(22)6-3-9-19;;/h1-2,4-5,14H,3,6-13,19H2,(H,20,22);2*1H. The predicted octanol–water partition coefficient (Wildman–Crippen LogP) is 3.25. The number of hydrogen-bond acceptors (Lipinski definition) is 3. The van der Waals surface area contributed by atoms with E-state index in [0.29, 0.717) is 18.9 Å². The molecule has 138 valence electrons. The quantitative estimate of drug-likeness (QED) is 0.744. The average Bonchev–Trinajstić information content (AvgIpc) is 2.54. The number of rotatable bonds is 7. The third-order valence-electron chi connectivity index (χ3n) is 4.25. The van der Waals surface area contributed by atoms with Crippen molar-refractivity contribution in [2.75, 3.05) is 26.2 Å². The van der Waals surface area contributed by atoms with E-state index in [-0.39, 0.29) is 30.7 Å². The second-order valence-corrected chi connectivity index (χ2v) is 6.41. The monoisotopic (exact) mass is 395 g/mol. The molecule has 1 amide bonds. The lowest BCUT2D eigenvalue weighted by atomic mass is 9.96. The minimum absolute atomic E-state index is 0. The van der Waals surface area contributed by atoms with Crippen molar-refractivity contribution in [1.82, 2.24) is 10.2 Å². The first-order valence-electron chi connectivity index (χ1n) is 8.11. The molecule has 0 radical (unpaired) electrons. The van der Waals surface area contributed by atoms with Crippen molar-refractivity contribution in [3.8, 4) is 0 Å². The van der Waals surface area contributed by atoms with E-state index in [2.05, 4.69) is 16.3 Å². The number of amides is 1. The summed E-state index contributed by atoms with van der Waals surface area (Å²) < 4.78 is 0. The number of piperidine rings is 1. The summed E-state index contributed by atoms with van der Waals surface area (Å²) >= 11 is 6.22.